The Hall–Kier alpha value is -3.32. The van der Waals surface area contributed by atoms with Crippen molar-refractivity contribution in [3.8, 4) is 11.5 Å². The first-order chi connectivity index (χ1) is 15.5. The number of hydrogen-bond donors (Lipinski definition) is 6. The normalized spacial score (nSPS) is 15.0. The fourth-order valence-electron chi connectivity index (χ4n) is 2.78. The van der Waals surface area contributed by atoms with E-state index in [9.17, 15) is 10.2 Å². The van der Waals surface area contributed by atoms with Gasteiger partial charge in [0.15, 0.2) is 0 Å². The Morgan fingerprint density at radius 3 is 1.47 bits per heavy atom. The Labute approximate surface area is 196 Å². The van der Waals surface area contributed by atoms with Crippen LogP contribution in [0.4, 0.5) is 0 Å². The molecule has 1 aliphatic heterocycles. The number of hydrogen-bond acceptors (Lipinski definition) is 8. The van der Waals surface area contributed by atoms with E-state index in [0.29, 0.717) is 47.5 Å². The Morgan fingerprint density at radius 2 is 1.09 bits per heavy atom. The second-order valence-electron chi connectivity index (χ2n) is 6.71. The number of hydrazine groups is 2. The summed E-state index contributed by atoms with van der Waals surface area (Å²) >= 11 is 10.5. The fourth-order valence-corrected chi connectivity index (χ4v) is 3.15. The molecule has 0 atom stereocenters. The van der Waals surface area contributed by atoms with E-state index in [1.807, 2.05) is 22.2 Å². The summed E-state index contributed by atoms with van der Waals surface area (Å²) < 4.78 is 0. The molecule has 1 saturated heterocycles. The molecule has 2 aromatic rings. The lowest BCUT2D eigenvalue weighted by Gasteiger charge is -2.35. The number of benzene rings is 2. The smallest absolute Gasteiger partial charge is 0.201 e. The number of para-hydroxylation sites is 2. The summed E-state index contributed by atoms with van der Waals surface area (Å²) in [6.07, 6.45) is 3.00. The van der Waals surface area contributed by atoms with Gasteiger partial charge in [0.25, 0.3) is 0 Å². The first-order valence-corrected chi connectivity index (χ1v) is 10.6. The Balaban J connectivity index is 1.34. The molecule has 12 heteroatoms. The molecule has 168 valence electrons. The average Bonchev–Trinajstić information content (AvgIpc) is 2.78. The maximum Gasteiger partial charge on any atom is 0.201 e. The zero-order chi connectivity index (χ0) is 22.8. The van der Waals surface area contributed by atoms with Crippen LogP contribution in [0.25, 0.3) is 0 Å². The number of piperazine rings is 1. The molecule has 2 aromatic carbocycles. The summed E-state index contributed by atoms with van der Waals surface area (Å²) in [5.41, 5.74) is 12.8. The number of nitrogens with one attached hydrogen (secondary N) is 4. The van der Waals surface area contributed by atoms with Crippen molar-refractivity contribution in [1.29, 1.82) is 0 Å². The molecule has 0 aliphatic carbocycles. The molecule has 6 N–H and O–H groups in total. The van der Waals surface area contributed by atoms with Crippen molar-refractivity contribution in [1.82, 2.24) is 31.7 Å². The molecule has 0 unspecified atom stereocenters. The molecule has 1 heterocycles. The molecule has 3 rings (SSSR count). The summed E-state index contributed by atoms with van der Waals surface area (Å²) in [5, 5.41) is 32.2. The van der Waals surface area contributed by atoms with Crippen LogP contribution in [0, 0.1) is 0 Å². The highest BCUT2D eigenvalue weighted by Gasteiger charge is 2.17. The first-order valence-electron chi connectivity index (χ1n) is 9.76. The summed E-state index contributed by atoms with van der Waals surface area (Å²) in [6, 6.07) is 13.8. The highest BCUT2D eigenvalue weighted by Crippen LogP contribution is 2.13. The van der Waals surface area contributed by atoms with Crippen molar-refractivity contribution in [2.45, 2.75) is 0 Å². The maximum absolute atomic E-state index is 9.72. The van der Waals surface area contributed by atoms with Crippen LogP contribution in [0.5, 0.6) is 11.5 Å². The topological polar surface area (TPSA) is 120 Å². The van der Waals surface area contributed by atoms with E-state index in [-0.39, 0.29) is 11.5 Å². The van der Waals surface area contributed by atoms with Crippen molar-refractivity contribution in [2.24, 2.45) is 10.2 Å². The number of phenolic OH excluding ortho intramolecular Hbond substituents is 2. The summed E-state index contributed by atoms with van der Waals surface area (Å²) in [4.78, 5) is 0. The van der Waals surface area contributed by atoms with Crippen LogP contribution in [0.1, 0.15) is 11.1 Å². The standard InChI is InChI=1S/C20H24N8O2S2/c29-17-7-3-1-5-15(17)13-21-23-19(31)25-27-9-11-28(12-10-27)26-20(32)24-22-14-16-6-2-4-8-18(16)30/h1-8,13-14,29-30H,9-12H2,(H2,23,25,31)(H2,24,26,32)/b21-13-,22-14-. The van der Waals surface area contributed by atoms with E-state index in [0.717, 1.165) is 0 Å². The maximum atomic E-state index is 9.72. The molecule has 0 saturated carbocycles. The number of nitrogens with zero attached hydrogens (tertiary/aromatic N) is 4. The largest absolute Gasteiger partial charge is 0.507 e. The molecule has 0 amide bonds. The number of aromatic hydroxyl groups is 2. The number of phenols is 2. The average molecular weight is 473 g/mol. The van der Waals surface area contributed by atoms with E-state index in [1.54, 1.807) is 36.4 Å². The molecular formula is C20H24N8O2S2. The van der Waals surface area contributed by atoms with E-state index in [2.05, 4.69) is 31.9 Å². The van der Waals surface area contributed by atoms with Crippen molar-refractivity contribution in [3.63, 3.8) is 0 Å². The van der Waals surface area contributed by atoms with Crippen molar-refractivity contribution >= 4 is 47.1 Å². The van der Waals surface area contributed by atoms with Crippen LogP contribution in [0.15, 0.2) is 58.7 Å². The Bertz CT molecular complexity index is 914. The molecule has 10 nitrogen and oxygen atoms in total. The molecule has 0 radical (unpaired) electrons. The zero-order valence-electron chi connectivity index (χ0n) is 17.1. The van der Waals surface area contributed by atoms with Gasteiger partial charge in [0.1, 0.15) is 11.5 Å². The van der Waals surface area contributed by atoms with Gasteiger partial charge in [-0.05, 0) is 48.7 Å². The highest BCUT2D eigenvalue weighted by atomic mass is 32.1. The Kier molecular flexibility index (Phi) is 8.69. The van der Waals surface area contributed by atoms with E-state index in [1.165, 1.54) is 12.4 Å². The van der Waals surface area contributed by atoms with Crippen molar-refractivity contribution in [3.05, 3.63) is 59.7 Å². The minimum absolute atomic E-state index is 0.150. The molecule has 1 fully saturated rings. The van der Waals surface area contributed by atoms with Crippen LogP contribution in [-0.2, 0) is 0 Å². The van der Waals surface area contributed by atoms with Crippen LogP contribution in [0.3, 0.4) is 0 Å². The lowest BCUT2D eigenvalue weighted by atomic mass is 10.2. The van der Waals surface area contributed by atoms with Gasteiger partial charge in [-0.3, -0.25) is 21.7 Å². The minimum Gasteiger partial charge on any atom is -0.507 e. The number of hydrazone groups is 2. The van der Waals surface area contributed by atoms with Crippen LogP contribution in [-0.4, -0.2) is 69.1 Å². The second kappa shape index (κ2) is 11.9. The third-order valence-electron chi connectivity index (χ3n) is 4.41. The molecule has 0 spiro atoms. The van der Waals surface area contributed by atoms with Crippen LogP contribution < -0.4 is 21.7 Å². The van der Waals surface area contributed by atoms with E-state index < -0.39 is 0 Å². The molecule has 1 aliphatic rings. The van der Waals surface area contributed by atoms with Gasteiger partial charge in [-0.2, -0.15) is 10.2 Å². The quantitative estimate of drug-likeness (QED) is 0.205. The van der Waals surface area contributed by atoms with Crippen LogP contribution >= 0.6 is 24.4 Å². The van der Waals surface area contributed by atoms with Crippen LogP contribution in [0.2, 0.25) is 0 Å². The zero-order valence-corrected chi connectivity index (χ0v) is 18.7. The van der Waals surface area contributed by atoms with Crippen molar-refractivity contribution in [2.75, 3.05) is 26.2 Å². The lowest BCUT2D eigenvalue weighted by molar-refractivity contribution is 0.0936. The van der Waals surface area contributed by atoms with E-state index >= 15 is 0 Å². The Morgan fingerprint density at radius 1 is 0.719 bits per heavy atom. The SMILES string of the molecule is Oc1ccccc1/C=N\NC(=S)NN1CCN(NC(=S)N/N=C\c2ccccc2O)CC1. The molecular weight excluding hydrogens is 448 g/mol. The third-order valence-corrected chi connectivity index (χ3v) is 4.78. The van der Waals surface area contributed by atoms with Crippen molar-refractivity contribution < 1.29 is 10.2 Å². The van der Waals surface area contributed by atoms with Gasteiger partial charge >= 0.3 is 0 Å². The predicted octanol–water partition coefficient (Wildman–Crippen LogP) is 0.842. The van der Waals surface area contributed by atoms with E-state index in [4.69, 9.17) is 24.4 Å². The summed E-state index contributed by atoms with van der Waals surface area (Å²) in [5.74, 6) is 0.300. The number of thiocarbonyl (C=S) groups is 2. The predicted molar refractivity (Wildman–Crippen MR) is 132 cm³/mol. The van der Waals surface area contributed by atoms with Gasteiger partial charge in [-0.1, -0.05) is 24.3 Å². The van der Waals surface area contributed by atoms with Gasteiger partial charge in [-0.25, -0.2) is 10.0 Å². The fraction of sp³-hybridized carbons (Fsp3) is 0.200. The minimum atomic E-state index is 0.150. The van der Waals surface area contributed by atoms with Gasteiger partial charge in [0.05, 0.1) is 12.4 Å². The number of rotatable bonds is 6. The molecule has 0 bridgehead atoms. The second-order valence-corrected chi connectivity index (χ2v) is 7.53. The molecule has 32 heavy (non-hydrogen) atoms. The molecule has 0 aromatic heterocycles. The van der Waals surface area contributed by atoms with Gasteiger partial charge in [0, 0.05) is 37.3 Å². The lowest BCUT2D eigenvalue weighted by Crippen LogP contribution is -2.59. The summed E-state index contributed by atoms with van der Waals surface area (Å²) in [6.45, 7) is 2.78. The third kappa shape index (κ3) is 7.42. The van der Waals surface area contributed by atoms with Gasteiger partial charge in [-0.15, -0.1) is 0 Å². The highest BCUT2D eigenvalue weighted by molar-refractivity contribution is 7.80. The van der Waals surface area contributed by atoms with Gasteiger partial charge in [0.2, 0.25) is 10.2 Å². The summed E-state index contributed by atoms with van der Waals surface area (Å²) in [7, 11) is 0. The first kappa shape index (κ1) is 23.3. The monoisotopic (exact) mass is 472 g/mol. The van der Waals surface area contributed by atoms with Gasteiger partial charge < -0.3 is 10.2 Å².